The highest BCUT2D eigenvalue weighted by atomic mass is 14.9. The zero-order valence-corrected chi connectivity index (χ0v) is 11.7. The largest absolute Gasteiger partial charge is 0.312 e. The van der Waals surface area contributed by atoms with Crippen LogP contribution in [0.2, 0.25) is 0 Å². The van der Waals surface area contributed by atoms with E-state index < -0.39 is 0 Å². The minimum atomic E-state index is 0.603. The van der Waals surface area contributed by atoms with Gasteiger partial charge in [0.1, 0.15) is 0 Å². The van der Waals surface area contributed by atoms with Gasteiger partial charge in [0, 0.05) is 19.0 Å². The molecule has 0 aromatic heterocycles. The molecule has 0 aliphatic carbocycles. The fraction of sp³-hybridized carbons (Fsp3) is 0.333. The second-order valence-electron chi connectivity index (χ2n) is 5.73. The molecule has 1 heteroatoms. The van der Waals surface area contributed by atoms with Gasteiger partial charge in [-0.05, 0) is 37.0 Å². The van der Waals surface area contributed by atoms with Crippen molar-refractivity contribution in [3.63, 3.8) is 0 Å². The molecule has 3 rings (SSSR count). The van der Waals surface area contributed by atoms with Crippen molar-refractivity contribution in [2.75, 3.05) is 6.54 Å². The Hall–Kier alpha value is -1.60. The predicted octanol–water partition coefficient (Wildman–Crippen LogP) is 3.73. The van der Waals surface area contributed by atoms with E-state index in [-0.39, 0.29) is 0 Å². The molecule has 1 unspecified atom stereocenters. The molecule has 1 nitrogen and oxygen atoms in total. The van der Waals surface area contributed by atoms with Crippen LogP contribution in [0.5, 0.6) is 0 Å². The summed E-state index contributed by atoms with van der Waals surface area (Å²) in [5.74, 6) is 0.603. The summed E-state index contributed by atoms with van der Waals surface area (Å²) in [5.41, 5.74) is 7.18. The molecule has 0 radical (unpaired) electrons. The molecule has 1 aliphatic rings. The highest BCUT2D eigenvalue weighted by Gasteiger charge is 2.19. The van der Waals surface area contributed by atoms with Crippen molar-refractivity contribution in [1.29, 1.82) is 0 Å². The third-order valence-electron chi connectivity index (χ3n) is 3.96. The summed E-state index contributed by atoms with van der Waals surface area (Å²) in [6.45, 7) is 6.47. The van der Waals surface area contributed by atoms with Gasteiger partial charge in [-0.1, -0.05) is 53.6 Å². The van der Waals surface area contributed by atoms with Crippen LogP contribution in [0, 0.1) is 13.8 Å². The smallest absolute Gasteiger partial charge is 0.0208 e. The fourth-order valence-electron chi connectivity index (χ4n) is 3.24. The van der Waals surface area contributed by atoms with Crippen LogP contribution in [0.1, 0.15) is 33.7 Å². The summed E-state index contributed by atoms with van der Waals surface area (Å²) in [6, 6.07) is 15.7. The zero-order chi connectivity index (χ0) is 13.2. The van der Waals surface area contributed by atoms with E-state index in [9.17, 15) is 0 Å². The summed E-state index contributed by atoms with van der Waals surface area (Å²) >= 11 is 0. The van der Waals surface area contributed by atoms with E-state index in [1.54, 1.807) is 0 Å². The van der Waals surface area contributed by atoms with Gasteiger partial charge in [-0.25, -0.2) is 0 Å². The maximum atomic E-state index is 3.54. The number of benzene rings is 2. The third-order valence-corrected chi connectivity index (χ3v) is 3.96. The number of fused-ring (bicyclic) bond motifs is 1. The van der Waals surface area contributed by atoms with Gasteiger partial charge in [0.2, 0.25) is 0 Å². The summed E-state index contributed by atoms with van der Waals surface area (Å²) < 4.78 is 0. The molecule has 98 valence electrons. The van der Waals surface area contributed by atoms with E-state index in [0.717, 1.165) is 19.5 Å². The lowest BCUT2D eigenvalue weighted by atomic mass is 9.86. The Kier molecular flexibility index (Phi) is 3.39. The van der Waals surface area contributed by atoms with Gasteiger partial charge >= 0.3 is 0 Å². The Morgan fingerprint density at radius 1 is 1.05 bits per heavy atom. The van der Waals surface area contributed by atoms with Crippen LogP contribution < -0.4 is 5.32 Å². The van der Waals surface area contributed by atoms with E-state index in [1.165, 1.54) is 27.8 Å². The first-order valence-electron chi connectivity index (χ1n) is 7.08. The normalized spacial score (nSPS) is 18.1. The second kappa shape index (κ2) is 5.18. The molecule has 1 heterocycles. The van der Waals surface area contributed by atoms with Crippen molar-refractivity contribution in [3.05, 3.63) is 70.3 Å². The van der Waals surface area contributed by atoms with Gasteiger partial charge in [-0.2, -0.15) is 0 Å². The van der Waals surface area contributed by atoms with Gasteiger partial charge in [-0.3, -0.25) is 0 Å². The Morgan fingerprint density at radius 2 is 1.79 bits per heavy atom. The number of hydrogen-bond donors (Lipinski definition) is 1. The van der Waals surface area contributed by atoms with Gasteiger partial charge in [0.05, 0.1) is 0 Å². The molecule has 0 bridgehead atoms. The van der Waals surface area contributed by atoms with E-state index in [1.807, 2.05) is 0 Å². The molecular weight excluding hydrogens is 230 g/mol. The number of hydrogen-bond acceptors (Lipinski definition) is 1. The Morgan fingerprint density at radius 3 is 2.58 bits per heavy atom. The molecule has 1 aliphatic heterocycles. The minimum Gasteiger partial charge on any atom is -0.312 e. The van der Waals surface area contributed by atoms with Gasteiger partial charge in [-0.15, -0.1) is 0 Å². The zero-order valence-electron chi connectivity index (χ0n) is 11.7. The van der Waals surface area contributed by atoms with Crippen molar-refractivity contribution in [2.45, 2.75) is 32.7 Å². The van der Waals surface area contributed by atoms with Gasteiger partial charge in [0.15, 0.2) is 0 Å². The Balaban J connectivity index is 1.88. The fourth-order valence-corrected chi connectivity index (χ4v) is 3.24. The molecule has 1 atom stereocenters. The molecule has 1 N–H and O–H groups in total. The lowest BCUT2D eigenvalue weighted by Crippen LogP contribution is -2.29. The van der Waals surface area contributed by atoms with E-state index in [2.05, 4.69) is 61.6 Å². The summed E-state index contributed by atoms with van der Waals surface area (Å²) in [6.07, 6.45) is 1.13. The molecule has 2 aromatic rings. The van der Waals surface area contributed by atoms with Crippen LogP contribution in [0.15, 0.2) is 42.5 Å². The van der Waals surface area contributed by atoms with Crippen LogP contribution >= 0.6 is 0 Å². The maximum Gasteiger partial charge on any atom is 0.0208 e. The van der Waals surface area contributed by atoms with Gasteiger partial charge in [0.25, 0.3) is 0 Å². The highest BCUT2D eigenvalue weighted by molar-refractivity contribution is 5.36. The highest BCUT2D eigenvalue weighted by Crippen LogP contribution is 2.27. The van der Waals surface area contributed by atoms with Crippen LogP contribution in [0.4, 0.5) is 0 Å². The standard InChI is InChI=1S/C18H21N/c1-13-7-14(2)9-15(8-13)10-17-12-19-11-16-5-3-4-6-18(16)17/h3-9,17,19H,10-12H2,1-2H3. The number of aryl methyl sites for hydroxylation is 2. The lowest BCUT2D eigenvalue weighted by Gasteiger charge is -2.26. The molecule has 0 amide bonds. The van der Waals surface area contributed by atoms with Crippen LogP contribution in [-0.4, -0.2) is 6.54 Å². The van der Waals surface area contributed by atoms with E-state index >= 15 is 0 Å². The first-order chi connectivity index (χ1) is 9.22. The molecule has 0 fully saturated rings. The summed E-state index contributed by atoms with van der Waals surface area (Å²) in [4.78, 5) is 0. The summed E-state index contributed by atoms with van der Waals surface area (Å²) in [7, 11) is 0. The van der Waals surface area contributed by atoms with Crippen molar-refractivity contribution >= 4 is 0 Å². The average molecular weight is 251 g/mol. The quantitative estimate of drug-likeness (QED) is 0.857. The first-order valence-corrected chi connectivity index (χ1v) is 7.08. The van der Waals surface area contributed by atoms with Crippen LogP contribution in [0.3, 0.4) is 0 Å². The van der Waals surface area contributed by atoms with Gasteiger partial charge < -0.3 is 5.32 Å². The predicted molar refractivity (Wildman–Crippen MR) is 80.5 cm³/mol. The van der Waals surface area contributed by atoms with Crippen molar-refractivity contribution in [2.24, 2.45) is 0 Å². The Bertz CT molecular complexity index is 566. The van der Waals surface area contributed by atoms with Crippen molar-refractivity contribution in [1.82, 2.24) is 5.32 Å². The summed E-state index contributed by atoms with van der Waals surface area (Å²) in [5, 5.41) is 3.54. The first kappa shape index (κ1) is 12.4. The number of rotatable bonds is 2. The lowest BCUT2D eigenvalue weighted by molar-refractivity contribution is 0.539. The maximum absolute atomic E-state index is 3.54. The molecule has 2 aromatic carbocycles. The van der Waals surface area contributed by atoms with Crippen molar-refractivity contribution in [3.8, 4) is 0 Å². The number of nitrogens with one attached hydrogen (secondary N) is 1. The monoisotopic (exact) mass is 251 g/mol. The minimum absolute atomic E-state index is 0.603. The molecule has 0 saturated carbocycles. The topological polar surface area (TPSA) is 12.0 Å². The molecule has 19 heavy (non-hydrogen) atoms. The average Bonchev–Trinajstić information content (AvgIpc) is 2.38. The molecule has 0 saturated heterocycles. The van der Waals surface area contributed by atoms with E-state index in [4.69, 9.17) is 0 Å². The van der Waals surface area contributed by atoms with E-state index in [0.29, 0.717) is 5.92 Å². The van der Waals surface area contributed by atoms with Crippen LogP contribution in [-0.2, 0) is 13.0 Å². The Labute approximate surface area is 115 Å². The molecular formula is C18H21N. The van der Waals surface area contributed by atoms with Crippen molar-refractivity contribution < 1.29 is 0 Å². The third kappa shape index (κ3) is 2.71. The second-order valence-corrected chi connectivity index (χ2v) is 5.73. The SMILES string of the molecule is Cc1cc(C)cc(CC2CNCc3ccccc32)c1. The molecule has 0 spiro atoms. The van der Waals surface area contributed by atoms with Crippen LogP contribution in [0.25, 0.3) is 0 Å².